The van der Waals surface area contributed by atoms with E-state index in [9.17, 15) is 5.11 Å². The summed E-state index contributed by atoms with van der Waals surface area (Å²) in [6, 6.07) is 6.73. The zero-order valence-electron chi connectivity index (χ0n) is 15.9. The second-order valence-electron chi connectivity index (χ2n) is 7.72. The van der Waals surface area contributed by atoms with Crippen molar-refractivity contribution < 1.29 is 14.6 Å². The van der Waals surface area contributed by atoms with Crippen LogP contribution in [0.5, 0.6) is 5.88 Å². The molecule has 0 amide bonds. The standard InChI is InChI=1S/C21H28N2O3/c1-13(2)23-19-5-4-15(10-16-6-8-26-14(16)3)11-17(19)20(21(23)24)18-12-25-9-7-22-18/h4-5,11,13-14,16,24H,6-10,12H2,1-3H3. The van der Waals surface area contributed by atoms with Crippen LogP contribution < -0.4 is 0 Å². The van der Waals surface area contributed by atoms with Gasteiger partial charge in [-0.1, -0.05) is 6.07 Å². The van der Waals surface area contributed by atoms with Crippen molar-refractivity contribution in [2.75, 3.05) is 26.4 Å². The van der Waals surface area contributed by atoms with Crippen molar-refractivity contribution >= 4 is 16.6 Å². The summed E-state index contributed by atoms with van der Waals surface area (Å²) in [5, 5.41) is 12.0. The van der Waals surface area contributed by atoms with Gasteiger partial charge in [0.2, 0.25) is 5.88 Å². The van der Waals surface area contributed by atoms with Crippen LogP contribution in [0.3, 0.4) is 0 Å². The largest absolute Gasteiger partial charge is 0.494 e. The van der Waals surface area contributed by atoms with Crippen LogP contribution in [0.4, 0.5) is 0 Å². The number of hydrogen-bond acceptors (Lipinski definition) is 4. The third-order valence-corrected chi connectivity index (χ3v) is 5.65. The Bertz CT molecular complexity index is 837. The third kappa shape index (κ3) is 3.03. The summed E-state index contributed by atoms with van der Waals surface area (Å²) in [6.45, 7) is 8.97. The van der Waals surface area contributed by atoms with Crippen molar-refractivity contribution in [2.24, 2.45) is 10.9 Å². The highest BCUT2D eigenvalue weighted by molar-refractivity contribution is 6.14. The zero-order chi connectivity index (χ0) is 18.3. The van der Waals surface area contributed by atoms with E-state index in [0.29, 0.717) is 37.7 Å². The molecule has 0 bridgehead atoms. The lowest BCUT2D eigenvalue weighted by Gasteiger charge is -2.15. The molecule has 1 fully saturated rings. The van der Waals surface area contributed by atoms with Crippen molar-refractivity contribution in [1.82, 2.24) is 4.57 Å². The van der Waals surface area contributed by atoms with E-state index in [1.54, 1.807) is 0 Å². The topological polar surface area (TPSA) is 56.0 Å². The summed E-state index contributed by atoms with van der Waals surface area (Å²) in [5.41, 5.74) is 4.04. The second kappa shape index (κ2) is 7.05. The van der Waals surface area contributed by atoms with Gasteiger partial charge in [-0.25, -0.2) is 0 Å². The molecular weight excluding hydrogens is 328 g/mol. The highest BCUT2D eigenvalue weighted by atomic mass is 16.5. The Morgan fingerprint density at radius 1 is 1.31 bits per heavy atom. The maximum atomic E-state index is 11.0. The van der Waals surface area contributed by atoms with Crippen molar-refractivity contribution in [1.29, 1.82) is 0 Å². The minimum Gasteiger partial charge on any atom is -0.494 e. The van der Waals surface area contributed by atoms with Gasteiger partial charge in [-0.3, -0.25) is 4.99 Å². The Labute approximate surface area is 154 Å². The number of nitrogens with zero attached hydrogens (tertiary/aromatic N) is 2. The molecular formula is C21H28N2O3. The lowest BCUT2D eigenvalue weighted by atomic mass is 9.93. The van der Waals surface area contributed by atoms with Crippen molar-refractivity contribution in [3.05, 3.63) is 29.3 Å². The number of benzene rings is 1. The molecule has 2 aliphatic heterocycles. The van der Waals surface area contributed by atoms with Crippen LogP contribution in [0.15, 0.2) is 23.2 Å². The number of ether oxygens (including phenoxy) is 2. The summed E-state index contributed by atoms with van der Waals surface area (Å²) in [7, 11) is 0. The molecule has 140 valence electrons. The van der Waals surface area contributed by atoms with Gasteiger partial charge in [-0.15, -0.1) is 0 Å². The molecule has 5 heteroatoms. The van der Waals surface area contributed by atoms with Gasteiger partial charge in [-0.2, -0.15) is 0 Å². The van der Waals surface area contributed by atoms with Gasteiger partial charge in [0, 0.05) is 18.0 Å². The summed E-state index contributed by atoms with van der Waals surface area (Å²) >= 11 is 0. The summed E-state index contributed by atoms with van der Waals surface area (Å²) in [5.74, 6) is 0.862. The average Bonchev–Trinajstić information content (AvgIpc) is 3.15. The van der Waals surface area contributed by atoms with Gasteiger partial charge in [0.25, 0.3) is 0 Å². The Morgan fingerprint density at radius 3 is 2.81 bits per heavy atom. The molecule has 0 radical (unpaired) electrons. The monoisotopic (exact) mass is 356 g/mol. The molecule has 0 spiro atoms. The van der Waals surface area contributed by atoms with Gasteiger partial charge in [-0.05, 0) is 57.2 Å². The van der Waals surface area contributed by atoms with E-state index in [0.717, 1.165) is 41.6 Å². The number of aliphatic imine (C=N–C) groups is 1. The van der Waals surface area contributed by atoms with Crippen molar-refractivity contribution in [3.63, 3.8) is 0 Å². The third-order valence-electron chi connectivity index (χ3n) is 5.65. The lowest BCUT2D eigenvalue weighted by Crippen LogP contribution is -2.19. The van der Waals surface area contributed by atoms with Crippen LogP contribution in [-0.4, -0.2) is 47.9 Å². The molecule has 5 nitrogen and oxygen atoms in total. The molecule has 1 N–H and O–H groups in total. The van der Waals surface area contributed by atoms with Crippen LogP contribution in [-0.2, 0) is 15.9 Å². The smallest absolute Gasteiger partial charge is 0.201 e. The number of aromatic nitrogens is 1. The van der Waals surface area contributed by atoms with E-state index >= 15 is 0 Å². The summed E-state index contributed by atoms with van der Waals surface area (Å²) in [6.07, 6.45) is 2.44. The average molecular weight is 356 g/mol. The second-order valence-corrected chi connectivity index (χ2v) is 7.72. The maximum Gasteiger partial charge on any atom is 0.201 e. The molecule has 2 atom stereocenters. The van der Waals surface area contributed by atoms with Gasteiger partial charge in [0.05, 0.1) is 42.7 Å². The number of hydrogen-bond donors (Lipinski definition) is 1. The fourth-order valence-corrected chi connectivity index (χ4v) is 4.24. The predicted octanol–water partition coefficient (Wildman–Crippen LogP) is 3.71. The molecule has 0 saturated carbocycles. The molecule has 2 aromatic rings. The molecule has 1 aromatic heterocycles. The van der Waals surface area contributed by atoms with E-state index in [2.05, 4.69) is 44.0 Å². The van der Waals surface area contributed by atoms with Gasteiger partial charge in [0.15, 0.2) is 0 Å². The SMILES string of the molecule is CC1OCCC1Cc1ccc2c(c1)c(C1=NCCOC1)c(O)n2C(C)C. The highest BCUT2D eigenvalue weighted by Gasteiger charge is 2.26. The van der Waals surface area contributed by atoms with Gasteiger partial charge in [0.1, 0.15) is 0 Å². The Morgan fingerprint density at radius 2 is 2.15 bits per heavy atom. The minimum absolute atomic E-state index is 0.172. The van der Waals surface area contributed by atoms with Crippen molar-refractivity contribution in [3.8, 4) is 5.88 Å². The van der Waals surface area contributed by atoms with Crippen LogP contribution >= 0.6 is 0 Å². The number of aromatic hydroxyl groups is 1. The Kier molecular flexibility index (Phi) is 4.76. The highest BCUT2D eigenvalue weighted by Crippen LogP contribution is 2.36. The molecule has 1 saturated heterocycles. The van der Waals surface area contributed by atoms with E-state index in [-0.39, 0.29) is 6.04 Å². The first-order valence-corrected chi connectivity index (χ1v) is 9.65. The number of rotatable bonds is 4. The number of fused-ring (bicyclic) bond motifs is 1. The Balaban J connectivity index is 1.81. The van der Waals surface area contributed by atoms with E-state index < -0.39 is 0 Å². The first kappa shape index (κ1) is 17.6. The van der Waals surface area contributed by atoms with Crippen molar-refractivity contribution in [2.45, 2.75) is 45.8 Å². The lowest BCUT2D eigenvalue weighted by molar-refractivity contribution is 0.106. The van der Waals surface area contributed by atoms with E-state index in [1.807, 2.05) is 4.57 Å². The first-order chi connectivity index (χ1) is 12.6. The minimum atomic E-state index is 0.172. The summed E-state index contributed by atoms with van der Waals surface area (Å²) < 4.78 is 13.3. The molecule has 3 heterocycles. The van der Waals surface area contributed by atoms with Crippen LogP contribution in [0, 0.1) is 5.92 Å². The normalized spacial score (nSPS) is 23.8. The molecule has 1 aromatic carbocycles. The molecule has 2 aliphatic rings. The van der Waals surface area contributed by atoms with E-state index in [4.69, 9.17) is 9.47 Å². The quantitative estimate of drug-likeness (QED) is 0.908. The fourth-order valence-electron chi connectivity index (χ4n) is 4.24. The van der Waals surface area contributed by atoms with Gasteiger partial charge >= 0.3 is 0 Å². The Hall–Kier alpha value is -1.85. The molecule has 0 aliphatic carbocycles. The van der Waals surface area contributed by atoms with Crippen LogP contribution in [0.2, 0.25) is 0 Å². The fraction of sp³-hybridized carbons (Fsp3) is 0.571. The molecule has 26 heavy (non-hydrogen) atoms. The van der Waals surface area contributed by atoms with Crippen LogP contribution in [0.1, 0.15) is 44.4 Å². The predicted molar refractivity (Wildman–Crippen MR) is 103 cm³/mol. The molecule has 2 unspecified atom stereocenters. The first-order valence-electron chi connectivity index (χ1n) is 9.65. The zero-order valence-corrected chi connectivity index (χ0v) is 15.9. The van der Waals surface area contributed by atoms with Crippen LogP contribution in [0.25, 0.3) is 10.9 Å². The summed E-state index contributed by atoms with van der Waals surface area (Å²) in [4.78, 5) is 4.63. The van der Waals surface area contributed by atoms with Gasteiger partial charge < -0.3 is 19.1 Å². The maximum absolute atomic E-state index is 11.0. The van der Waals surface area contributed by atoms with E-state index in [1.165, 1.54) is 5.56 Å². The molecule has 4 rings (SSSR count).